The summed E-state index contributed by atoms with van der Waals surface area (Å²) >= 11 is 0. The summed E-state index contributed by atoms with van der Waals surface area (Å²) in [6.07, 6.45) is 24.3. The monoisotopic (exact) mass is 494 g/mol. The molecule has 2 aliphatic rings. The van der Waals surface area contributed by atoms with Crippen LogP contribution in [-0.4, -0.2) is 0 Å². The van der Waals surface area contributed by atoms with Crippen LogP contribution < -0.4 is 0 Å². The van der Waals surface area contributed by atoms with Gasteiger partial charge in [-0.2, -0.15) is 0 Å². The first kappa shape index (κ1) is 27.3. The highest BCUT2D eigenvalue weighted by Crippen LogP contribution is 2.42. The van der Waals surface area contributed by atoms with Crippen LogP contribution >= 0.6 is 0 Å². The lowest BCUT2D eigenvalue weighted by Crippen LogP contribution is -2.25. The van der Waals surface area contributed by atoms with Gasteiger partial charge in [-0.15, -0.1) is 0 Å². The van der Waals surface area contributed by atoms with Crippen LogP contribution in [-0.2, 0) is 12.8 Å². The maximum Gasteiger partial charge on any atom is 0.166 e. The Morgan fingerprint density at radius 1 is 0.778 bits per heavy atom. The second-order valence-electron chi connectivity index (χ2n) is 11.9. The number of allylic oxidation sites excluding steroid dienone is 2. The maximum absolute atomic E-state index is 14.9. The van der Waals surface area contributed by atoms with Crippen LogP contribution in [0, 0.1) is 35.3 Å². The summed E-state index contributed by atoms with van der Waals surface area (Å²) in [7, 11) is 0. The average Bonchev–Trinajstić information content (AvgIpc) is 2.91. The Kier molecular flexibility index (Phi) is 10.4. The van der Waals surface area contributed by atoms with E-state index in [9.17, 15) is 8.78 Å². The van der Waals surface area contributed by atoms with Gasteiger partial charge in [-0.1, -0.05) is 70.2 Å². The highest BCUT2D eigenvalue weighted by Gasteiger charge is 2.30. The van der Waals surface area contributed by atoms with Crippen molar-refractivity contribution in [3.05, 3.63) is 59.2 Å². The van der Waals surface area contributed by atoms with Gasteiger partial charge in [0, 0.05) is 5.39 Å². The van der Waals surface area contributed by atoms with E-state index in [4.69, 9.17) is 0 Å². The zero-order chi connectivity index (χ0) is 25.3. The van der Waals surface area contributed by atoms with Crippen molar-refractivity contribution in [3.8, 4) is 0 Å². The second-order valence-corrected chi connectivity index (χ2v) is 11.9. The number of rotatable bonds is 11. The van der Waals surface area contributed by atoms with E-state index in [1.165, 1.54) is 70.6 Å². The molecule has 0 spiro atoms. The number of aryl methyl sites for hydroxylation is 2. The van der Waals surface area contributed by atoms with Crippen LogP contribution in [0.5, 0.6) is 0 Å². The predicted molar refractivity (Wildman–Crippen MR) is 150 cm³/mol. The smallest absolute Gasteiger partial charge is 0.166 e. The Morgan fingerprint density at radius 3 is 2.19 bits per heavy atom. The zero-order valence-electron chi connectivity index (χ0n) is 22.8. The van der Waals surface area contributed by atoms with Gasteiger partial charge >= 0.3 is 0 Å². The van der Waals surface area contributed by atoms with E-state index in [1.807, 2.05) is 18.2 Å². The first-order valence-electron chi connectivity index (χ1n) is 15.1. The molecule has 0 heterocycles. The van der Waals surface area contributed by atoms with Crippen LogP contribution in [0.25, 0.3) is 10.8 Å². The number of benzene rings is 2. The highest BCUT2D eigenvalue weighted by atomic mass is 19.2. The fourth-order valence-corrected chi connectivity index (χ4v) is 6.92. The molecule has 4 rings (SSSR count). The molecule has 36 heavy (non-hydrogen) atoms. The van der Waals surface area contributed by atoms with Crippen molar-refractivity contribution in [1.82, 2.24) is 0 Å². The van der Waals surface area contributed by atoms with Gasteiger partial charge in [-0.3, -0.25) is 0 Å². The molecule has 0 nitrogen and oxygen atoms in total. The Bertz CT molecular complexity index is 974. The topological polar surface area (TPSA) is 0 Å². The van der Waals surface area contributed by atoms with Gasteiger partial charge in [-0.05, 0) is 123 Å². The van der Waals surface area contributed by atoms with Gasteiger partial charge in [-0.25, -0.2) is 8.78 Å². The third kappa shape index (κ3) is 7.20. The fraction of sp³-hybridized carbons (Fsp3) is 0.647. The zero-order valence-corrected chi connectivity index (χ0v) is 22.8. The molecule has 0 aliphatic heterocycles. The molecule has 198 valence electrons. The summed E-state index contributed by atoms with van der Waals surface area (Å²) in [6, 6.07) is 7.90. The predicted octanol–water partition coefficient (Wildman–Crippen LogP) is 10.8. The van der Waals surface area contributed by atoms with E-state index in [-0.39, 0.29) is 0 Å². The molecule has 2 aromatic rings. The van der Waals surface area contributed by atoms with Gasteiger partial charge < -0.3 is 0 Å². The highest BCUT2D eigenvalue weighted by molar-refractivity contribution is 5.84. The van der Waals surface area contributed by atoms with Crippen molar-refractivity contribution in [2.45, 2.75) is 117 Å². The number of hydrogen-bond acceptors (Lipinski definition) is 0. The Morgan fingerprint density at radius 2 is 1.50 bits per heavy atom. The lowest BCUT2D eigenvalue weighted by Gasteiger charge is -2.37. The summed E-state index contributed by atoms with van der Waals surface area (Å²) in [5.74, 6) is 2.21. The fourth-order valence-electron chi connectivity index (χ4n) is 6.92. The van der Waals surface area contributed by atoms with Crippen LogP contribution in [0.1, 0.15) is 115 Å². The number of hydrogen-bond donors (Lipinski definition) is 0. The van der Waals surface area contributed by atoms with Crippen molar-refractivity contribution >= 4 is 10.8 Å². The summed E-state index contributed by atoms with van der Waals surface area (Å²) in [4.78, 5) is 0. The molecule has 2 heteroatoms. The second kappa shape index (κ2) is 13.7. The Labute approximate surface area is 219 Å². The van der Waals surface area contributed by atoms with Gasteiger partial charge in [0.05, 0.1) is 0 Å². The van der Waals surface area contributed by atoms with Crippen molar-refractivity contribution in [3.63, 3.8) is 0 Å². The molecule has 0 saturated heterocycles. The van der Waals surface area contributed by atoms with Gasteiger partial charge in [0.15, 0.2) is 11.6 Å². The minimum atomic E-state index is -0.656. The normalized spacial score (nSPS) is 25.1. The van der Waals surface area contributed by atoms with E-state index < -0.39 is 11.6 Å². The first-order chi connectivity index (χ1) is 17.6. The standard InChI is InChI=1S/C34H48F2/c1-3-5-7-9-25-13-18-28(19-14-25)29-20-15-26(16-21-29)11-12-27-17-22-30-24-31(10-8-6-4-2)33(35)34(36)32(30)23-27/h7,9,17,22-26,28-29H,3-6,8,10-16,18-21H2,1-2H3/b9-7+. The van der Waals surface area contributed by atoms with E-state index in [2.05, 4.69) is 32.1 Å². The largest absolute Gasteiger partial charge is 0.203 e. The van der Waals surface area contributed by atoms with Gasteiger partial charge in [0.1, 0.15) is 0 Å². The molecular formula is C34H48F2. The first-order valence-corrected chi connectivity index (χ1v) is 15.1. The summed E-state index contributed by atoms with van der Waals surface area (Å²) < 4.78 is 29.6. The van der Waals surface area contributed by atoms with E-state index in [1.54, 1.807) is 0 Å². The maximum atomic E-state index is 14.9. The SMILES string of the molecule is CCC/C=C/C1CCC(C2CCC(CCc3ccc4cc(CCCCC)c(F)c(F)c4c3)CC2)CC1. The summed E-state index contributed by atoms with van der Waals surface area (Å²) in [6.45, 7) is 4.38. The van der Waals surface area contributed by atoms with E-state index in [0.717, 1.165) is 60.3 Å². The van der Waals surface area contributed by atoms with Gasteiger partial charge in [0.2, 0.25) is 0 Å². The van der Waals surface area contributed by atoms with E-state index >= 15 is 0 Å². The van der Waals surface area contributed by atoms with Crippen molar-refractivity contribution in [2.75, 3.05) is 0 Å². The Hall–Kier alpha value is -1.70. The van der Waals surface area contributed by atoms with Gasteiger partial charge in [0.25, 0.3) is 0 Å². The molecule has 2 aliphatic carbocycles. The molecule has 2 saturated carbocycles. The summed E-state index contributed by atoms with van der Waals surface area (Å²) in [5.41, 5.74) is 1.68. The van der Waals surface area contributed by atoms with Crippen LogP contribution in [0.3, 0.4) is 0 Å². The molecule has 0 atom stereocenters. The molecule has 0 amide bonds. The summed E-state index contributed by atoms with van der Waals surface area (Å²) in [5, 5.41) is 1.29. The number of unbranched alkanes of at least 4 members (excludes halogenated alkanes) is 3. The molecular weight excluding hydrogens is 446 g/mol. The van der Waals surface area contributed by atoms with Crippen LogP contribution in [0.2, 0.25) is 0 Å². The minimum Gasteiger partial charge on any atom is -0.203 e. The number of halogens is 2. The van der Waals surface area contributed by atoms with Crippen LogP contribution in [0.15, 0.2) is 36.4 Å². The lowest BCUT2D eigenvalue weighted by molar-refractivity contribution is 0.152. The molecule has 2 fully saturated rings. The van der Waals surface area contributed by atoms with Crippen molar-refractivity contribution < 1.29 is 8.78 Å². The average molecular weight is 495 g/mol. The third-order valence-electron chi connectivity index (χ3n) is 9.29. The van der Waals surface area contributed by atoms with E-state index in [0.29, 0.717) is 17.4 Å². The molecule has 2 aromatic carbocycles. The van der Waals surface area contributed by atoms with Crippen molar-refractivity contribution in [2.24, 2.45) is 23.7 Å². The van der Waals surface area contributed by atoms with Crippen LogP contribution in [0.4, 0.5) is 8.78 Å². The molecule has 0 radical (unpaired) electrons. The molecule has 0 bridgehead atoms. The third-order valence-corrected chi connectivity index (χ3v) is 9.29. The molecule has 0 unspecified atom stereocenters. The van der Waals surface area contributed by atoms with Crippen molar-refractivity contribution in [1.29, 1.82) is 0 Å². The quantitative estimate of drug-likeness (QED) is 0.215. The Balaban J connectivity index is 1.25. The molecule has 0 N–H and O–H groups in total. The molecule has 0 aromatic heterocycles. The lowest BCUT2D eigenvalue weighted by atomic mass is 9.68. The number of fused-ring (bicyclic) bond motifs is 1. The minimum absolute atomic E-state index is 0.452.